The maximum Gasteiger partial charge on any atom is 0.306 e. The fourth-order valence-corrected chi connectivity index (χ4v) is 15.3. The van der Waals surface area contributed by atoms with Crippen LogP contribution < -0.4 is 11.1 Å². The second kappa shape index (κ2) is 15.2. The average Bonchev–Trinajstić information content (AvgIpc) is 3.43. The van der Waals surface area contributed by atoms with Gasteiger partial charge in [0, 0.05) is 47.6 Å². The smallest absolute Gasteiger partial charge is 0.306 e. The lowest BCUT2D eigenvalue weighted by Crippen LogP contribution is -2.62. The van der Waals surface area contributed by atoms with Gasteiger partial charge in [-0.15, -0.1) is 0 Å². The highest BCUT2D eigenvalue weighted by Gasteiger charge is 2.66. The molecule has 8 heteroatoms. The second-order valence-electron chi connectivity index (χ2n) is 21.8. The Bertz CT molecular complexity index is 1800. The van der Waals surface area contributed by atoms with E-state index >= 15 is 0 Å². The third-order valence-electron chi connectivity index (χ3n) is 18.4. The molecule has 5 fully saturated rings. The predicted octanol–water partition coefficient (Wildman–Crippen LogP) is 9.98. The van der Waals surface area contributed by atoms with E-state index in [2.05, 4.69) is 53.8 Å². The van der Waals surface area contributed by atoms with E-state index in [1.54, 1.807) is 0 Å². The number of benzene rings is 1. The number of hydrogen-bond acceptors (Lipinski definition) is 5. The minimum Gasteiger partial charge on any atom is -0.481 e. The first-order chi connectivity index (χ1) is 26.7. The number of allylic oxidation sites excluding steroid dienone is 2. The van der Waals surface area contributed by atoms with Crippen LogP contribution in [0.2, 0.25) is 5.02 Å². The van der Waals surface area contributed by atoms with Crippen molar-refractivity contribution in [2.24, 2.45) is 80.7 Å². The summed E-state index contributed by atoms with van der Waals surface area (Å²) in [5.41, 5.74) is 9.17. The van der Waals surface area contributed by atoms with Crippen molar-refractivity contribution < 1.29 is 24.3 Å². The molecule has 0 aromatic heterocycles. The van der Waals surface area contributed by atoms with Gasteiger partial charge in [-0.1, -0.05) is 84.7 Å². The van der Waals surface area contributed by atoms with Crippen molar-refractivity contribution in [3.8, 4) is 0 Å². The lowest BCUT2D eigenvalue weighted by molar-refractivity contribution is -0.193. The standard InChI is InChI=1S/C49H71ClN2O5/c1-28(2)42-38(54)25-49(26-41(55)52-27-46(6,21-22-51)30-9-11-32(50)12-10-30)20-16-36-33(43(42)49)13-14-40-47(36,7)19-17-39-45(4,5)31(15-18-48(39,40)8)23-37(53)34-24-35(29(34)3)44(56)57/h9-12,28-29,31,33-36,39-40H,13-27,51H2,1-8H3,(H,52,55)(H,56,57). The molecule has 0 bridgehead atoms. The lowest BCUT2D eigenvalue weighted by atomic mass is 9.35. The van der Waals surface area contributed by atoms with Gasteiger partial charge in [-0.3, -0.25) is 19.2 Å². The third-order valence-corrected chi connectivity index (χ3v) is 18.6. The lowest BCUT2D eigenvalue weighted by Gasteiger charge is -2.69. The van der Waals surface area contributed by atoms with Crippen molar-refractivity contribution in [1.29, 1.82) is 0 Å². The number of halogens is 1. The fraction of sp³-hybridized carbons (Fsp3) is 0.755. The van der Waals surface area contributed by atoms with Crippen LogP contribution in [-0.2, 0) is 24.6 Å². The minimum atomic E-state index is -0.766. The predicted molar refractivity (Wildman–Crippen MR) is 226 cm³/mol. The molecule has 0 radical (unpaired) electrons. The average molecular weight is 804 g/mol. The van der Waals surface area contributed by atoms with Crippen molar-refractivity contribution in [3.05, 3.63) is 46.0 Å². The number of ketones is 2. The molecule has 1 aromatic carbocycles. The van der Waals surface area contributed by atoms with E-state index in [1.165, 1.54) is 12.0 Å². The number of carboxylic acid groups (broad SMARTS) is 1. The van der Waals surface area contributed by atoms with Gasteiger partial charge in [0.1, 0.15) is 5.78 Å². The highest BCUT2D eigenvalue weighted by molar-refractivity contribution is 6.30. The van der Waals surface area contributed by atoms with Crippen molar-refractivity contribution in [2.45, 2.75) is 144 Å². The summed E-state index contributed by atoms with van der Waals surface area (Å²) < 4.78 is 0. The molecule has 12 unspecified atom stereocenters. The van der Waals surface area contributed by atoms with Crippen LogP contribution in [0.5, 0.6) is 0 Å². The van der Waals surface area contributed by atoms with E-state index in [9.17, 15) is 24.3 Å². The Morgan fingerprint density at radius 3 is 2.26 bits per heavy atom. The van der Waals surface area contributed by atoms with Crippen molar-refractivity contribution in [3.63, 3.8) is 0 Å². The molecule has 7 nitrogen and oxygen atoms in total. The van der Waals surface area contributed by atoms with Gasteiger partial charge in [-0.05, 0) is 152 Å². The van der Waals surface area contributed by atoms with Crippen LogP contribution in [0.4, 0.5) is 0 Å². The number of Topliss-reactive ketones (excluding diaryl/α,β-unsaturated/α-hetero) is 2. The molecular weight excluding hydrogens is 732 g/mol. The van der Waals surface area contributed by atoms with E-state index in [0.29, 0.717) is 73.4 Å². The van der Waals surface area contributed by atoms with Crippen LogP contribution in [0.15, 0.2) is 35.4 Å². The van der Waals surface area contributed by atoms with Gasteiger partial charge in [-0.25, -0.2) is 0 Å². The van der Waals surface area contributed by atoms with Crippen molar-refractivity contribution in [2.75, 3.05) is 13.1 Å². The number of carboxylic acids is 1. The van der Waals surface area contributed by atoms with Crippen LogP contribution in [0.1, 0.15) is 144 Å². The molecule has 0 saturated heterocycles. The van der Waals surface area contributed by atoms with Gasteiger partial charge >= 0.3 is 5.97 Å². The zero-order chi connectivity index (χ0) is 41.5. The van der Waals surface area contributed by atoms with Gasteiger partial charge < -0.3 is 16.2 Å². The molecular formula is C49H71ClN2O5. The molecule has 0 aliphatic heterocycles. The number of fused-ring (bicyclic) bond motifs is 7. The van der Waals surface area contributed by atoms with E-state index in [1.807, 2.05) is 31.2 Å². The van der Waals surface area contributed by atoms with Crippen LogP contribution in [0.3, 0.4) is 0 Å². The summed E-state index contributed by atoms with van der Waals surface area (Å²) in [4.78, 5) is 53.5. The molecule has 6 aliphatic carbocycles. The quantitative estimate of drug-likeness (QED) is 0.193. The number of carbonyl (C=O) groups is 4. The molecule has 314 valence electrons. The fourth-order valence-electron chi connectivity index (χ4n) is 15.2. The van der Waals surface area contributed by atoms with Crippen LogP contribution in [-0.4, -0.2) is 41.6 Å². The number of carbonyl (C=O) groups excluding carboxylic acids is 3. The van der Waals surface area contributed by atoms with E-state index in [4.69, 9.17) is 17.3 Å². The summed E-state index contributed by atoms with van der Waals surface area (Å²) in [6.45, 7) is 19.5. The highest BCUT2D eigenvalue weighted by atomic mass is 35.5. The summed E-state index contributed by atoms with van der Waals surface area (Å²) in [7, 11) is 0. The Morgan fingerprint density at radius 1 is 0.947 bits per heavy atom. The Balaban J connectivity index is 1.09. The summed E-state index contributed by atoms with van der Waals surface area (Å²) in [5, 5.41) is 13.6. The second-order valence-corrected chi connectivity index (χ2v) is 22.2. The van der Waals surface area contributed by atoms with E-state index < -0.39 is 11.4 Å². The normalized spacial score (nSPS) is 39.2. The molecule has 1 aromatic rings. The van der Waals surface area contributed by atoms with Gasteiger partial charge in [0.05, 0.1) is 5.92 Å². The number of amides is 1. The third kappa shape index (κ3) is 6.98. The number of aliphatic carboxylic acids is 1. The highest BCUT2D eigenvalue weighted by Crippen LogP contribution is 2.74. The molecule has 7 rings (SSSR count). The zero-order valence-electron chi connectivity index (χ0n) is 36.1. The van der Waals surface area contributed by atoms with Crippen molar-refractivity contribution in [1.82, 2.24) is 5.32 Å². The van der Waals surface area contributed by atoms with Crippen LogP contribution in [0, 0.1) is 74.9 Å². The Kier molecular flexibility index (Phi) is 11.4. The molecule has 1 amide bonds. The SMILES string of the molecule is CC(C)C1=C2C3CCC4C(C)(CCC5C(C)(C)C(CC(=O)C6CC(C(=O)O)C6C)CCC54C)C3CCC2(CC(=O)NCC(C)(CCN)c2ccc(Cl)cc2)CC1=O. The molecule has 0 spiro atoms. The van der Waals surface area contributed by atoms with Gasteiger partial charge in [0.15, 0.2) is 5.78 Å². The van der Waals surface area contributed by atoms with Gasteiger partial charge in [0.2, 0.25) is 5.91 Å². The Morgan fingerprint density at radius 2 is 1.63 bits per heavy atom. The number of nitrogens with two attached hydrogens (primary N) is 1. The van der Waals surface area contributed by atoms with Gasteiger partial charge in [0.25, 0.3) is 0 Å². The molecule has 0 heterocycles. The van der Waals surface area contributed by atoms with Crippen LogP contribution >= 0.6 is 11.6 Å². The molecule has 57 heavy (non-hydrogen) atoms. The largest absolute Gasteiger partial charge is 0.481 e. The molecule has 5 saturated carbocycles. The van der Waals surface area contributed by atoms with E-state index in [0.717, 1.165) is 62.5 Å². The first-order valence-electron chi connectivity index (χ1n) is 22.5. The summed E-state index contributed by atoms with van der Waals surface area (Å²) >= 11 is 6.21. The summed E-state index contributed by atoms with van der Waals surface area (Å²) in [6.07, 6.45) is 11.3. The number of nitrogens with one attached hydrogen (secondary N) is 1. The van der Waals surface area contributed by atoms with Gasteiger partial charge in [-0.2, -0.15) is 0 Å². The number of rotatable bonds is 12. The van der Waals surface area contributed by atoms with E-state index in [-0.39, 0.29) is 62.8 Å². The summed E-state index contributed by atoms with van der Waals surface area (Å²) in [6, 6.07) is 7.86. The maximum atomic E-state index is 14.1. The monoisotopic (exact) mass is 803 g/mol. The van der Waals surface area contributed by atoms with Crippen molar-refractivity contribution >= 4 is 35.0 Å². The number of hydrogen-bond donors (Lipinski definition) is 3. The molecule has 12 atom stereocenters. The molecule has 4 N–H and O–H groups in total. The Labute approximate surface area is 347 Å². The molecule has 6 aliphatic rings. The Hall–Kier alpha value is -2.51. The zero-order valence-corrected chi connectivity index (χ0v) is 36.9. The maximum absolute atomic E-state index is 14.1. The topological polar surface area (TPSA) is 127 Å². The first kappa shape index (κ1) is 42.6. The minimum absolute atomic E-state index is 0.0219. The first-order valence-corrected chi connectivity index (χ1v) is 22.9. The summed E-state index contributed by atoms with van der Waals surface area (Å²) in [5.74, 6) is 1.62. The van der Waals surface area contributed by atoms with Crippen LogP contribution in [0.25, 0.3) is 0 Å².